The summed E-state index contributed by atoms with van der Waals surface area (Å²) in [6.45, 7) is 9.26. The van der Waals surface area contributed by atoms with Crippen LogP contribution in [0.3, 0.4) is 0 Å². The molecule has 6 heteroatoms. The third-order valence-electron chi connectivity index (χ3n) is 6.15. The summed E-state index contributed by atoms with van der Waals surface area (Å²) in [5.74, 6) is 2.05. The highest BCUT2D eigenvalue weighted by atomic mass is 32.2. The van der Waals surface area contributed by atoms with Crippen molar-refractivity contribution in [2.24, 2.45) is 0 Å². The van der Waals surface area contributed by atoms with Gasteiger partial charge in [0, 0.05) is 43.0 Å². The van der Waals surface area contributed by atoms with Crippen molar-refractivity contribution < 1.29 is 14.3 Å². The van der Waals surface area contributed by atoms with Crippen LogP contribution in [0.2, 0.25) is 0 Å². The van der Waals surface area contributed by atoms with Crippen LogP contribution in [0.15, 0.2) is 47.4 Å². The van der Waals surface area contributed by atoms with Gasteiger partial charge < -0.3 is 19.3 Å². The van der Waals surface area contributed by atoms with Gasteiger partial charge in [0.1, 0.15) is 11.5 Å². The number of benzene rings is 2. The molecule has 3 rings (SSSR count). The first-order valence-corrected chi connectivity index (χ1v) is 12.9. The maximum atomic E-state index is 12.7. The molecule has 2 aromatic carbocycles. The number of carbonyl (C=O) groups is 1. The first kappa shape index (κ1) is 25.4. The number of piperidine rings is 1. The van der Waals surface area contributed by atoms with Gasteiger partial charge in [-0.3, -0.25) is 4.79 Å². The number of para-hydroxylation sites is 1. The summed E-state index contributed by atoms with van der Waals surface area (Å²) < 4.78 is 11.4. The monoisotopic (exact) mass is 470 g/mol. The molecule has 5 nitrogen and oxygen atoms in total. The summed E-state index contributed by atoms with van der Waals surface area (Å²) in [7, 11) is 3.47. The van der Waals surface area contributed by atoms with E-state index in [1.165, 1.54) is 5.56 Å². The minimum Gasteiger partial charge on any atom is -0.496 e. The molecule has 33 heavy (non-hydrogen) atoms. The van der Waals surface area contributed by atoms with Gasteiger partial charge in [0.2, 0.25) is 5.91 Å². The number of hydrogen-bond acceptors (Lipinski definition) is 5. The number of amides is 1. The quantitative estimate of drug-likeness (QED) is 0.420. The Morgan fingerprint density at radius 3 is 2.33 bits per heavy atom. The van der Waals surface area contributed by atoms with Gasteiger partial charge in [0.05, 0.1) is 19.1 Å². The second-order valence-corrected chi connectivity index (χ2v) is 10.4. The van der Waals surface area contributed by atoms with Crippen molar-refractivity contribution >= 4 is 23.4 Å². The first-order valence-electron chi connectivity index (χ1n) is 12.0. The summed E-state index contributed by atoms with van der Waals surface area (Å²) in [6.07, 6.45) is 3.42. The minimum atomic E-state index is 0.204. The lowest BCUT2D eigenvalue weighted by molar-refractivity contribution is -0.119. The van der Waals surface area contributed by atoms with Gasteiger partial charge in [0.15, 0.2) is 0 Å². The van der Waals surface area contributed by atoms with Crippen molar-refractivity contribution in [2.75, 3.05) is 38.8 Å². The average Bonchev–Trinajstić information content (AvgIpc) is 2.84. The maximum absolute atomic E-state index is 12.7. The fourth-order valence-corrected chi connectivity index (χ4v) is 5.41. The molecular formula is C27H38N2O3S. The van der Waals surface area contributed by atoms with E-state index in [-0.39, 0.29) is 11.9 Å². The number of methoxy groups -OCH3 is 2. The molecule has 1 fully saturated rings. The molecule has 1 aliphatic rings. The summed E-state index contributed by atoms with van der Waals surface area (Å²) in [5.41, 5.74) is 2.19. The normalized spacial score (nSPS) is 15.0. The highest BCUT2D eigenvalue weighted by Gasteiger charge is 2.28. The van der Waals surface area contributed by atoms with E-state index in [0.717, 1.165) is 61.0 Å². The van der Waals surface area contributed by atoms with Crippen molar-refractivity contribution in [2.45, 2.75) is 62.6 Å². The molecule has 0 atom stereocenters. The van der Waals surface area contributed by atoms with Crippen molar-refractivity contribution in [1.82, 2.24) is 4.90 Å². The van der Waals surface area contributed by atoms with Crippen molar-refractivity contribution in [3.05, 3.63) is 48.0 Å². The Hall–Kier alpha value is -2.18. The lowest BCUT2D eigenvalue weighted by Crippen LogP contribution is -2.47. The largest absolute Gasteiger partial charge is 0.496 e. The van der Waals surface area contributed by atoms with Gasteiger partial charge in [-0.1, -0.05) is 39.0 Å². The second-order valence-electron chi connectivity index (χ2n) is 8.76. The summed E-state index contributed by atoms with van der Waals surface area (Å²) in [6, 6.07) is 14.6. The van der Waals surface area contributed by atoms with E-state index >= 15 is 0 Å². The molecule has 1 saturated heterocycles. The number of anilines is 1. The van der Waals surface area contributed by atoms with Gasteiger partial charge in [-0.25, -0.2) is 0 Å². The summed E-state index contributed by atoms with van der Waals surface area (Å²) in [5, 5.41) is 0.478. The van der Waals surface area contributed by atoms with Crippen LogP contribution >= 0.6 is 11.8 Å². The number of likely N-dealkylation sites (tertiary alicyclic amines) is 1. The molecule has 0 radical (unpaired) electrons. The Balaban J connectivity index is 1.63. The molecule has 0 aromatic heterocycles. The first-order chi connectivity index (χ1) is 16.0. The van der Waals surface area contributed by atoms with Crippen LogP contribution in [-0.2, 0) is 11.2 Å². The molecule has 0 unspecified atom stereocenters. The lowest BCUT2D eigenvalue weighted by Gasteiger charge is -2.38. The van der Waals surface area contributed by atoms with E-state index in [2.05, 4.69) is 30.9 Å². The number of nitrogens with zero attached hydrogens (tertiary/aromatic N) is 2. The van der Waals surface area contributed by atoms with Crippen LogP contribution < -0.4 is 14.4 Å². The molecule has 0 spiro atoms. The van der Waals surface area contributed by atoms with Gasteiger partial charge in [-0.15, -0.1) is 11.8 Å². The van der Waals surface area contributed by atoms with E-state index in [1.54, 1.807) is 26.0 Å². The highest BCUT2D eigenvalue weighted by molar-refractivity contribution is 8.00. The van der Waals surface area contributed by atoms with Gasteiger partial charge in [-0.05, 0) is 49.1 Å². The third kappa shape index (κ3) is 6.67. The fraction of sp³-hybridized carbons (Fsp3) is 0.519. The van der Waals surface area contributed by atoms with Crippen LogP contribution in [0.25, 0.3) is 0 Å². The molecule has 0 N–H and O–H groups in total. The van der Waals surface area contributed by atoms with Crippen LogP contribution in [0, 0.1) is 0 Å². The molecular weight excluding hydrogens is 432 g/mol. The second kappa shape index (κ2) is 12.3. The molecule has 0 saturated carbocycles. The van der Waals surface area contributed by atoms with Gasteiger partial charge in [-0.2, -0.15) is 0 Å². The predicted octanol–water partition coefficient (Wildman–Crippen LogP) is 5.65. The zero-order chi connectivity index (χ0) is 23.8. The van der Waals surface area contributed by atoms with Gasteiger partial charge in [0.25, 0.3) is 0 Å². The SMILES string of the molecule is CCC(=O)N(c1ccccc1)C1CCN(CCc2cc(OC)c(SC(C)C)cc2OC)CC1. The predicted molar refractivity (Wildman–Crippen MR) is 138 cm³/mol. The number of ether oxygens (including phenoxy) is 2. The highest BCUT2D eigenvalue weighted by Crippen LogP contribution is 2.38. The van der Waals surface area contributed by atoms with E-state index in [4.69, 9.17) is 9.47 Å². The molecule has 0 bridgehead atoms. The van der Waals surface area contributed by atoms with Gasteiger partial charge >= 0.3 is 0 Å². The lowest BCUT2D eigenvalue weighted by atomic mass is 10.0. The smallest absolute Gasteiger partial charge is 0.226 e. The van der Waals surface area contributed by atoms with E-state index in [9.17, 15) is 4.79 Å². The fourth-order valence-electron chi connectivity index (χ4n) is 4.47. The third-order valence-corrected chi connectivity index (χ3v) is 7.20. The topological polar surface area (TPSA) is 42.0 Å². The van der Waals surface area contributed by atoms with Crippen molar-refractivity contribution in [1.29, 1.82) is 0 Å². The standard InChI is InChI=1S/C27H38N2O3S/c1-6-27(30)29(22-10-8-7-9-11-22)23-13-16-28(17-14-23)15-12-21-18-25(32-5)26(33-20(2)3)19-24(21)31-4/h7-11,18-20,23H,6,12-17H2,1-5H3. The van der Waals surface area contributed by atoms with Crippen molar-refractivity contribution in [3.8, 4) is 11.5 Å². The Labute approximate surface area is 203 Å². The Bertz CT molecular complexity index is 896. The molecule has 1 aliphatic heterocycles. The number of thioether (sulfide) groups is 1. The van der Waals surface area contributed by atoms with E-state index in [0.29, 0.717) is 11.7 Å². The summed E-state index contributed by atoms with van der Waals surface area (Å²) >= 11 is 1.79. The van der Waals surface area contributed by atoms with Crippen LogP contribution in [0.5, 0.6) is 11.5 Å². The molecule has 1 heterocycles. The zero-order valence-electron chi connectivity index (χ0n) is 20.7. The minimum absolute atomic E-state index is 0.204. The van der Waals surface area contributed by atoms with Crippen LogP contribution in [0.4, 0.5) is 5.69 Å². The molecule has 1 amide bonds. The average molecular weight is 471 g/mol. The Morgan fingerprint density at radius 1 is 1.09 bits per heavy atom. The van der Waals surface area contributed by atoms with Crippen LogP contribution in [-0.4, -0.2) is 56.0 Å². The van der Waals surface area contributed by atoms with Crippen LogP contribution in [0.1, 0.15) is 45.6 Å². The maximum Gasteiger partial charge on any atom is 0.226 e. The van der Waals surface area contributed by atoms with E-state index in [1.807, 2.05) is 42.2 Å². The molecule has 180 valence electrons. The number of rotatable bonds is 10. The summed E-state index contributed by atoms with van der Waals surface area (Å²) in [4.78, 5) is 18.4. The Morgan fingerprint density at radius 2 is 1.76 bits per heavy atom. The Kier molecular flexibility index (Phi) is 9.51. The number of hydrogen-bond donors (Lipinski definition) is 0. The molecule has 0 aliphatic carbocycles. The number of carbonyl (C=O) groups excluding carboxylic acids is 1. The van der Waals surface area contributed by atoms with Crippen molar-refractivity contribution in [3.63, 3.8) is 0 Å². The van der Waals surface area contributed by atoms with E-state index < -0.39 is 0 Å². The zero-order valence-corrected chi connectivity index (χ0v) is 21.5. The molecule has 2 aromatic rings.